The summed E-state index contributed by atoms with van der Waals surface area (Å²) in [5, 5.41) is 0.256. The lowest BCUT2D eigenvalue weighted by Crippen LogP contribution is -2.41. The van der Waals surface area contributed by atoms with Crippen molar-refractivity contribution in [1.29, 1.82) is 0 Å². The van der Waals surface area contributed by atoms with Crippen molar-refractivity contribution in [3.63, 3.8) is 0 Å². The van der Waals surface area contributed by atoms with Crippen LogP contribution in [-0.4, -0.2) is 56.8 Å². The summed E-state index contributed by atoms with van der Waals surface area (Å²) in [4.78, 5) is 25.6. The average molecular weight is 593 g/mol. The van der Waals surface area contributed by atoms with E-state index in [1.165, 1.54) is 24.3 Å². The number of amides is 1. The van der Waals surface area contributed by atoms with Gasteiger partial charge in [0.25, 0.3) is 5.91 Å². The molecule has 2 aromatic carbocycles. The van der Waals surface area contributed by atoms with E-state index in [4.69, 9.17) is 16.3 Å². The minimum Gasteiger partial charge on any atom is -0.489 e. The monoisotopic (exact) mass is 592 g/mol. The minimum absolute atomic E-state index is 0.0439. The number of ether oxygens (including phenoxy) is 2. The largest absolute Gasteiger partial charge is 0.491 e. The molecule has 0 unspecified atom stereocenters. The lowest BCUT2D eigenvalue weighted by Gasteiger charge is -2.33. The number of hydrogen-bond acceptors (Lipinski definition) is 7. The molecule has 0 aromatic heterocycles. The summed E-state index contributed by atoms with van der Waals surface area (Å²) in [5.74, 6) is -4.31. The minimum atomic E-state index is -5.16. The van der Waals surface area contributed by atoms with Gasteiger partial charge in [-0.3, -0.25) is 9.69 Å². The molecule has 14 heteroatoms. The van der Waals surface area contributed by atoms with E-state index in [9.17, 15) is 35.6 Å². The summed E-state index contributed by atoms with van der Waals surface area (Å²) in [6, 6.07) is 6.34. The van der Waals surface area contributed by atoms with Crippen molar-refractivity contribution in [2.75, 3.05) is 19.3 Å². The predicted molar refractivity (Wildman–Crippen MR) is 133 cm³/mol. The van der Waals surface area contributed by atoms with Gasteiger partial charge in [0, 0.05) is 29.7 Å². The number of halogens is 5. The maximum absolute atomic E-state index is 14.8. The molecule has 0 spiro atoms. The molecule has 1 aliphatic carbocycles. The van der Waals surface area contributed by atoms with Crippen LogP contribution in [0.2, 0.25) is 5.02 Å². The van der Waals surface area contributed by atoms with Crippen molar-refractivity contribution in [2.45, 2.75) is 50.4 Å². The van der Waals surface area contributed by atoms with Crippen LogP contribution in [0.4, 0.5) is 17.6 Å². The number of rotatable bonds is 8. The summed E-state index contributed by atoms with van der Waals surface area (Å²) in [6.45, 7) is 1.03. The number of hydrogen-bond donors (Lipinski definition) is 1. The Kier molecular flexibility index (Phi) is 8.43. The van der Waals surface area contributed by atoms with Gasteiger partial charge in [0.05, 0.1) is 11.8 Å². The molecule has 8 nitrogen and oxygen atoms in total. The Labute approximate surface area is 227 Å². The van der Waals surface area contributed by atoms with E-state index in [1.807, 2.05) is 4.90 Å². The van der Waals surface area contributed by atoms with Gasteiger partial charge in [0.15, 0.2) is 0 Å². The fraction of sp³-hybridized carbons (Fsp3) is 0.440. The van der Waals surface area contributed by atoms with Crippen molar-refractivity contribution in [3.05, 3.63) is 57.9 Å². The molecular weight excluding hydrogens is 568 g/mol. The van der Waals surface area contributed by atoms with Crippen molar-refractivity contribution in [2.24, 2.45) is 0 Å². The van der Waals surface area contributed by atoms with Gasteiger partial charge in [-0.15, -0.1) is 0 Å². The van der Waals surface area contributed by atoms with Crippen LogP contribution < -0.4 is 14.2 Å². The van der Waals surface area contributed by atoms with Crippen LogP contribution in [0, 0.1) is 5.82 Å². The molecule has 4 rings (SSSR count). The summed E-state index contributed by atoms with van der Waals surface area (Å²) < 4.78 is 88.3. The first-order valence-electron chi connectivity index (χ1n) is 12.0. The quantitative estimate of drug-likeness (QED) is 0.272. The third-order valence-corrected chi connectivity index (χ3v) is 7.04. The average Bonchev–Trinajstić information content (AvgIpc) is 3.64. The number of benzene rings is 2. The SMILES string of the molecule is CS(=O)(=O)NC(=O)c1cc(C2CC2)c(O[C@@H]2CCCN(Cc3cc(Cl)ccc3OC(=O)C(F)(F)F)C2)cc1F. The molecule has 2 fully saturated rings. The van der Waals surface area contributed by atoms with Gasteiger partial charge in [-0.1, -0.05) is 11.6 Å². The van der Waals surface area contributed by atoms with Crippen molar-refractivity contribution in [1.82, 2.24) is 9.62 Å². The third-order valence-electron chi connectivity index (χ3n) is 6.25. The molecule has 0 radical (unpaired) electrons. The maximum atomic E-state index is 14.8. The fourth-order valence-electron chi connectivity index (χ4n) is 4.39. The first-order chi connectivity index (χ1) is 18.2. The highest BCUT2D eigenvalue weighted by atomic mass is 35.5. The Bertz CT molecular complexity index is 1380. The standard InChI is InChI=1S/C25H25ClF4N2O6S/c1-39(35,36)31-23(33)19-10-18(14-4-5-14)22(11-20(19)27)37-17-3-2-8-32(13-17)12-15-9-16(26)6-7-21(15)38-24(34)25(28,29)30/h6-7,9-11,14,17H,2-5,8,12-13H2,1H3,(H,31,33)/t17-/m1/s1. The Morgan fingerprint density at radius 1 is 1.13 bits per heavy atom. The van der Waals surface area contributed by atoms with E-state index in [0.29, 0.717) is 31.5 Å². The third kappa shape index (κ3) is 7.83. The number of piperidine rings is 1. The van der Waals surface area contributed by atoms with Crippen LogP contribution in [0.15, 0.2) is 30.3 Å². The van der Waals surface area contributed by atoms with Gasteiger partial charge in [0.2, 0.25) is 10.0 Å². The Morgan fingerprint density at radius 2 is 1.85 bits per heavy atom. The molecule has 1 heterocycles. The van der Waals surface area contributed by atoms with Gasteiger partial charge >= 0.3 is 12.1 Å². The van der Waals surface area contributed by atoms with Gasteiger partial charge in [-0.05, 0) is 68.0 Å². The molecule has 39 heavy (non-hydrogen) atoms. The summed E-state index contributed by atoms with van der Waals surface area (Å²) in [7, 11) is -3.89. The molecule has 2 aromatic rings. The normalized spacial score (nSPS) is 18.5. The van der Waals surface area contributed by atoms with Crippen molar-refractivity contribution < 1.29 is 45.0 Å². The second kappa shape index (κ2) is 11.3. The van der Waals surface area contributed by atoms with Crippen molar-refractivity contribution in [3.8, 4) is 11.5 Å². The summed E-state index contributed by atoms with van der Waals surface area (Å²) >= 11 is 6.03. The highest BCUT2D eigenvalue weighted by Crippen LogP contribution is 2.45. The molecule has 1 N–H and O–H groups in total. The Hall–Kier alpha value is -2.90. The highest BCUT2D eigenvalue weighted by molar-refractivity contribution is 7.89. The maximum Gasteiger partial charge on any atom is 0.491 e. The number of nitrogens with zero attached hydrogens (tertiary/aromatic N) is 1. The molecule has 212 valence electrons. The number of alkyl halides is 3. The topological polar surface area (TPSA) is 102 Å². The van der Waals surface area contributed by atoms with E-state index >= 15 is 0 Å². The smallest absolute Gasteiger partial charge is 0.489 e. The van der Waals surface area contributed by atoms with Crippen LogP contribution in [0.3, 0.4) is 0 Å². The molecule has 1 saturated heterocycles. The molecule has 1 atom stereocenters. The van der Waals surface area contributed by atoms with E-state index < -0.39 is 45.6 Å². The zero-order chi connectivity index (χ0) is 28.5. The Balaban J connectivity index is 1.49. The lowest BCUT2D eigenvalue weighted by atomic mass is 10.0. The molecule has 1 aliphatic heterocycles. The number of carbonyl (C=O) groups is 2. The number of likely N-dealkylation sites (tertiary alicyclic amines) is 1. The number of esters is 1. The first-order valence-corrected chi connectivity index (χ1v) is 14.3. The van der Waals surface area contributed by atoms with E-state index in [0.717, 1.165) is 25.2 Å². The van der Waals surface area contributed by atoms with Crippen LogP contribution in [0.1, 0.15) is 53.1 Å². The van der Waals surface area contributed by atoms with Gasteiger partial charge in [0.1, 0.15) is 23.4 Å². The Morgan fingerprint density at radius 3 is 2.49 bits per heavy atom. The second-order valence-electron chi connectivity index (χ2n) is 9.60. The number of sulfonamides is 1. The molecule has 1 saturated carbocycles. The predicted octanol–water partition coefficient (Wildman–Crippen LogP) is 4.56. The molecule has 0 bridgehead atoms. The zero-order valence-corrected chi connectivity index (χ0v) is 22.3. The molecule has 1 amide bonds. The van der Waals surface area contributed by atoms with Gasteiger partial charge in [-0.25, -0.2) is 22.3 Å². The number of nitrogens with one attached hydrogen (secondary N) is 1. The van der Waals surface area contributed by atoms with Crippen molar-refractivity contribution >= 4 is 33.5 Å². The first kappa shape index (κ1) is 29.1. The van der Waals surface area contributed by atoms with Crippen LogP contribution >= 0.6 is 11.6 Å². The van der Waals surface area contributed by atoms with Crippen LogP contribution in [0.5, 0.6) is 11.5 Å². The van der Waals surface area contributed by atoms with Crippen LogP contribution in [0.25, 0.3) is 0 Å². The van der Waals surface area contributed by atoms with E-state index in [-0.39, 0.29) is 34.5 Å². The lowest BCUT2D eigenvalue weighted by molar-refractivity contribution is -0.189. The summed E-state index contributed by atoms with van der Waals surface area (Å²) in [5.41, 5.74) is 0.483. The zero-order valence-electron chi connectivity index (χ0n) is 20.7. The highest BCUT2D eigenvalue weighted by Gasteiger charge is 2.41. The fourth-order valence-corrected chi connectivity index (χ4v) is 5.03. The van der Waals surface area contributed by atoms with Crippen LogP contribution in [-0.2, 0) is 21.4 Å². The second-order valence-corrected chi connectivity index (χ2v) is 11.8. The van der Waals surface area contributed by atoms with Gasteiger partial charge in [-0.2, -0.15) is 13.2 Å². The molecule has 2 aliphatic rings. The molecular formula is C25H25ClF4N2O6S. The number of carbonyl (C=O) groups excluding carboxylic acids is 2. The van der Waals surface area contributed by atoms with E-state index in [2.05, 4.69) is 4.74 Å². The van der Waals surface area contributed by atoms with E-state index in [1.54, 1.807) is 4.72 Å². The van der Waals surface area contributed by atoms with Gasteiger partial charge < -0.3 is 9.47 Å². The summed E-state index contributed by atoms with van der Waals surface area (Å²) in [6.07, 6.45) is -1.88.